The second-order valence-corrected chi connectivity index (χ2v) is 10.7. The molecule has 3 aromatic heterocycles. The van der Waals surface area contributed by atoms with E-state index in [-0.39, 0.29) is 57.2 Å². The summed E-state index contributed by atoms with van der Waals surface area (Å²) in [4.78, 5) is 33.6. The fraction of sp³-hybridized carbons (Fsp3) is 0.346. The molecule has 0 bridgehead atoms. The second kappa shape index (κ2) is 10.9. The van der Waals surface area contributed by atoms with Gasteiger partial charge < -0.3 is 26.4 Å². The van der Waals surface area contributed by atoms with Crippen molar-refractivity contribution in [1.82, 2.24) is 40.5 Å². The Labute approximate surface area is 241 Å². The van der Waals surface area contributed by atoms with Gasteiger partial charge in [-0.1, -0.05) is 11.6 Å². The fourth-order valence-corrected chi connectivity index (χ4v) is 5.42. The van der Waals surface area contributed by atoms with Gasteiger partial charge in [0.15, 0.2) is 11.5 Å². The smallest absolute Gasteiger partial charge is 0.392 e. The lowest BCUT2D eigenvalue weighted by molar-refractivity contribution is -0.140. The van der Waals surface area contributed by atoms with Crippen LogP contribution in [0.4, 0.5) is 24.7 Å². The van der Waals surface area contributed by atoms with Crippen molar-refractivity contribution >= 4 is 40.6 Å². The number of hydrogen-bond donors (Lipinski definition) is 6. The number of carbonyl (C=O) groups is 2. The summed E-state index contributed by atoms with van der Waals surface area (Å²) in [5, 5.41) is 27.2. The average molecular weight is 604 g/mol. The van der Waals surface area contributed by atoms with Crippen molar-refractivity contribution in [2.45, 2.75) is 49.7 Å². The van der Waals surface area contributed by atoms with Crippen LogP contribution in [0.3, 0.4) is 0 Å². The van der Waals surface area contributed by atoms with Crippen molar-refractivity contribution in [1.29, 1.82) is 0 Å². The Hall–Kier alpha value is -4.21. The van der Waals surface area contributed by atoms with E-state index in [0.29, 0.717) is 31.5 Å². The molecule has 12 nitrogen and oxygen atoms in total. The van der Waals surface area contributed by atoms with E-state index >= 15 is 0 Å². The molecular formula is C26H25ClF3N9O3. The van der Waals surface area contributed by atoms with Crippen molar-refractivity contribution < 1.29 is 27.9 Å². The van der Waals surface area contributed by atoms with E-state index < -0.39 is 24.0 Å². The lowest BCUT2D eigenvalue weighted by atomic mass is 9.86. The number of hydrogen-bond acceptors (Lipinski definition) is 8. The number of aliphatic hydroxyl groups is 1. The molecule has 0 radical (unpaired) electrons. The number of imidazole rings is 1. The zero-order valence-corrected chi connectivity index (χ0v) is 22.5. The molecule has 0 spiro atoms. The summed E-state index contributed by atoms with van der Waals surface area (Å²) in [6, 6.07) is 4.12. The number of aliphatic hydroxyl groups excluding tert-OH is 1. The summed E-state index contributed by atoms with van der Waals surface area (Å²) in [6.07, 6.45) is 1.69. The molecule has 2 fully saturated rings. The van der Waals surface area contributed by atoms with Crippen LogP contribution in [-0.4, -0.2) is 72.3 Å². The van der Waals surface area contributed by atoms with Gasteiger partial charge in [-0.25, -0.2) is 9.97 Å². The Bertz CT molecular complexity index is 1650. The molecule has 2 unspecified atom stereocenters. The van der Waals surface area contributed by atoms with Crippen LogP contribution in [0.2, 0.25) is 5.02 Å². The minimum atomic E-state index is -4.62. The lowest BCUT2D eigenvalue weighted by Gasteiger charge is -2.36. The molecular weight excluding hydrogens is 579 g/mol. The maximum atomic E-state index is 13.4. The van der Waals surface area contributed by atoms with E-state index in [9.17, 15) is 27.9 Å². The summed E-state index contributed by atoms with van der Waals surface area (Å²) in [5.41, 5.74) is 0.0439. The first-order chi connectivity index (χ1) is 20.1. The van der Waals surface area contributed by atoms with Gasteiger partial charge in [0, 0.05) is 36.7 Å². The van der Waals surface area contributed by atoms with E-state index in [2.05, 4.69) is 36.3 Å². The van der Waals surface area contributed by atoms with Gasteiger partial charge in [0.2, 0.25) is 5.91 Å². The molecule has 1 aliphatic heterocycles. The van der Waals surface area contributed by atoms with Gasteiger partial charge in [0.25, 0.3) is 5.91 Å². The van der Waals surface area contributed by atoms with Crippen molar-refractivity contribution in [2.24, 2.45) is 0 Å². The van der Waals surface area contributed by atoms with Crippen LogP contribution >= 0.6 is 11.6 Å². The van der Waals surface area contributed by atoms with Crippen LogP contribution in [0.15, 0.2) is 43.0 Å². The average Bonchev–Trinajstić information content (AvgIpc) is 3.66. The maximum absolute atomic E-state index is 13.4. The van der Waals surface area contributed by atoms with Gasteiger partial charge >= 0.3 is 6.18 Å². The first kappa shape index (κ1) is 27.9. The highest BCUT2D eigenvalue weighted by Crippen LogP contribution is 2.36. The highest BCUT2D eigenvalue weighted by atomic mass is 35.5. The summed E-state index contributed by atoms with van der Waals surface area (Å²) >= 11 is 6.42. The number of alkyl halides is 3. The van der Waals surface area contributed by atoms with Gasteiger partial charge in [0.1, 0.15) is 5.69 Å². The normalized spacial score (nSPS) is 22.1. The number of benzene rings is 1. The molecule has 2 amide bonds. The lowest BCUT2D eigenvalue weighted by Crippen LogP contribution is -2.56. The van der Waals surface area contributed by atoms with E-state index in [0.717, 1.165) is 6.20 Å². The predicted octanol–water partition coefficient (Wildman–Crippen LogP) is 2.64. The van der Waals surface area contributed by atoms with Gasteiger partial charge in [-0.05, 0) is 37.5 Å². The molecule has 2 aliphatic rings. The minimum Gasteiger partial charge on any atom is -0.392 e. The zero-order chi connectivity index (χ0) is 29.6. The Kier molecular flexibility index (Phi) is 7.24. The van der Waals surface area contributed by atoms with Gasteiger partial charge in [0.05, 0.1) is 46.4 Å². The summed E-state index contributed by atoms with van der Waals surface area (Å²) < 4.78 is 41.6. The second-order valence-electron chi connectivity index (χ2n) is 10.3. The summed E-state index contributed by atoms with van der Waals surface area (Å²) in [7, 11) is 0. The fourth-order valence-electron chi connectivity index (χ4n) is 5.15. The number of nitrogens with zero attached hydrogens (tertiary/aromatic N) is 4. The molecule has 6 rings (SSSR count). The van der Waals surface area contributed by atoms with Crippen molar-refractivity contribution in [3.63, 3.8) is 0 Å². The molecule has 220 valence electrons. The number of nitrogens with one attached hydrogen (secondary N) is 5. The Morgan fingerprint density at radius 1 is 1.10 bits per heavy atom. The number of rotatable bonds is 7. The molecule has 1 saturated heterocycles. The van der Waals surface area contributed by atoms with Gasteiger partial charge in [-0.2, -0.15) is 18.3 Å². The summed E-state index contributed by atoms with van der Waals surface area (Å²) in [6.45, 7) is 0.394. The number of halogens is 4. The molecule has 4 heterocycles. The molecule has 42 heavy (non-hydrogen) atoms. The third kappa shape index (κ3) is 5.49. The van der Waals surface area contributed by atoms with Gasteiger partial charge in [-0.3, -0.25) is 19.1 Å². The highest BCUT2D eigenvalue weighted by molar-refractivity contribution is 6.34. The molecule has 4 aromatic rings. The topological polar surface area (TPSA) is 161 Å². The molecule has 16 heteroatoms. The number of β-amino-alcohol motifs (C(OH)–C–C–N with tert-alkyl or cyclic N) is 1. The Morgan fingerprint density at radius 3 is 2.60 bits per heavy atom. The van der Waals surface area contributed by atoms with E-state index in [1.807, 2.05) is 5.10 Å². The number of carbonyl (C=O) groups excluding carboxylic acids is 2. The van der Waals surface area contributed by atoms with Crippen molar-refractivity contribution in [2.75, 3.05) is 11.9 Å². The van der Waals surface area contributed by atoms with E-state index in [1.54, 1.807) is 12.1 Å². The SMILES string of the molecule is O=C(NC1CC(NC(=O)C2CC(O)CN2)C1)c1ccc(Nc2nccn3c(-c4cn[nH]c4C(F)(F)F)cnc23)cc1Cl. The Balaban J connectivity index is 1.09. The number of fused-ring (bicyclic) bond motifs is 1. The third-order valence-electron chi connectivity index (χ3n) is 7.35. The van der Waals surface area contributed by atoms with Crippen molar-refractivity contribution in [3.05, 3.63) is 59.3 Å². The minimum absolute atomic E-state index is 0.0589. The third-order valence-corrected chi connectivity index (χ3v) is 7.66. The number of anilines is 2. The monoisotopic (exact) mass is 603 g/mol. The van der Waals surface area contributed by atoms with Crippen molar-refractivity contribution in [3.8, 4) is 11.3 Å². The van der Waals surface area contributed by atoms with Crippen LogP contribution in [0, 0.1) is 0 Å². The number of aromatic nitrogens is 5. The standard InChI is InChI=1S/C26H25ClF3N9O3/c27-18-7-12(1-2-16(18)24(41)36-13-5-14(6-13)37-25(42)19-8-15(40)9-32-19)35-22-23-33-11-20(39(23)4-3-31-22)17-10-34-38-21(17)26(28,29)30/h1-4,7,10-11,13-15,19,32,40H,5-6,8-9H2,(H,31,35)(H,34,38)(H,36,41)(H,37,42). The molecule has 1 aromatic carbocycles. The quantitative estimate of drug-likeness (QED) is 0.188. The van der Waals surface area contributed by atoms with E-state index in [1.165, 1.54) is 29.1 Å². The number of amides is 2. The van der Waals surface area contributed by atoms with Crippen LogP contribution in [0.25, 0.3) is 16.9 Å². The van der Waals surface area contributed by atoms with Crippen LogP contribution in [-0.2, 0) is 11.0 Å². The highest BCUT2D eigenvalue weighted by Gasteiger charge is 2.37. The first-order valence-corrected chi connectivity index (χ1v) is 13.5. The number of aromatic amines is 1. The van der Waals surface area contributed by atoms with Crippen LogP contribution < -0.4 is 21.3 Å². The number of H-pyrrole nitrogens is 1. The first-order valence-electron chi connectivity index (χ1n) is 13.1. The molecule has 1 saturated carbocycles. The molecule has 2 atom stereocenters. The van der Waals surface area contributed by atoms with Gasteiger partial charge in [-0.15, -0.1) is 0 Å². The van der Waals surface area contributed by atoms with E-state index in [4.69, 9.17) is 11.6 Å². The van der Waals surface area contributed by atoms with Crippen LogP contribution in [0.1, 0.15) is 35.3 Å². The molecule has 6 N–H and O–H groups in total. The zero-order valence-electron chi connectivity index (χ0n) is 21.7. The Morgan fingerprint density at radius 2 is 1.88 bits per heavy atom. The predicted molar refractivity (Wildman–Crippen MR) is 145 cm³/mol. The maximum Gasteiger partial charge on any atom is 0.433 e. The summed E-state index contributed by atoms with van der Waals surface area (Å²) in [5.74, 6) is -0.253. The van der Waals surface area contributed by atoms with Crippen LogP contribution in [0.5, 0.6) is 0 Å². The largest absolute Gasteiger partial charge is 0.433 e. The molecule has 1 aliphatic carbocycles.